The van der Waals surface area contributed by atoms with E-state index in [1.165, 1.54) is 0 Å². The molecule has 1 saturated carbocycles. The van der Waals surface area contributed by atoms with Crippen LogP contribution in [-0.2, 0) is 20.7 Å². The van der Waals surface area contributed by atoms with Gasteiger partial charge in [-0.3, -0.25) is 4.79 Å². The average Bonchev–Trinajstić information content (AvgIpc) is 3.09. The molecule has 1 heterocycles. The fraction of sp³-hybridized carbons (Fsp3) is 0.444. The van der Waals surface area contributed by atoms with Crippen molar-refractivity contribution in [1.29, 1.82) is 0 Å². The Morgan fingerprint density at radius 1 is 1.55 bits per heavy atom. The van der Waals surface area contributed by atoms with E-state index in [0.29, 0.717) is 18.6 Å². The molecule has 0 spiro atoms. The topological polar surface area (TPSA) is 56.5 Å². The van der Waals surface area contributed by atoms with Crippen LogP contribution in [0.15, 0.2) is 34.5 Å². The van der Waals surface area contributed by atoms with Gasteiger partial charge in [0.2, 0.25) is 0 Å². The van der Waals surface area contributed by atoms with E-state index in [0.717, 1.165) is 25.0 Å². The number of esters is 1. The van der Waals surface area contributed by atoms with Gasteiger partial charge in [0, 0.05) is 24.3 Å². The minimum Gasteiger partial charge on any atom is -0.469 e. The maximum Gasteiger partial charge on any atom is 0.384 e. The van der Waals surface area contributed by atoms with Crippen LogP contribution in [0.3, 0.4) is 0 Å². The summed E-state index contributed by atoms with van der Waals surface area (Å²) in [4.78, 5) is 23.3. The fourth-order valence-electron chi connectivity index (χ4n) is 2.70. The zero-order valence-corrected chi connectivity index (χ0v) is 13.0. The molecule has 4 nitrogen and oxygen atoms in total. The third-order valence-electron chi connectivity index (χ3n) is 4.02. The Hall–Kier alpha value is -2.28. The predicted molar refractivity (Wildman–Crippen MR) is 81.9 cm³/mol. The molecule has 0 bridgehead atoms. The zero-order chi connectivity index (χ0) is 16.0. The van der Waals surface area contributed by atoms with Crippen molar-refractivity contribution in [3.8, 4) is 11.8 Å². The first-order chi connectivity index (χ1) is 10.5. The van der Waals surface area contributed by atoms with Crippen LogP contribution in [0.1, 0.15) is 38.9 Å². The van der Waals surface area contributed by atoms with Crippen molar-refractivity contribution in [2.45, 2.75) is 39.5 Å². The monoisotopic (exact) mass is 300 g/mol. The molecular formula is C18H20O4. The van der Waals surface area contributed by atoms with Crippen LogP contribution in [0, 0.1) is 17.3 Å². The molecule has 1 atom stereocenters. The van der Waals surface area contributed by atoms with Gasteiger partial charge >= 0.3 is 5.97 Å². The summed E-state index contributed by atoms with van der Waals surface area (Å²) >= 11 is 0. The molecule has 1 aromatic rings. The third kappa shape index (κ3) is 3.88. The summed E-state index contributed by atoms with van der Waals surface area (Å²) in [5, 5.41) is 0. The molecule has 0 amide bonds. The molecule has 1 aliphatic carbocycles. The van der Waals surface area contributed by atoms with Crippen LogP contribution in [0.5, 0.6) is 0 Å². The van der Waals surface area contributed by atoms with E-state index in [1.54, 1.807) is 19.3 Å². The summed E-state index contributed by atoms with van der Waals surface area (Å²) in [6.07, 6.45) is 6.16. The lowest BCUT2D eigenvalue weighted by Crippen LogP contribution is -2.17. The second kappa shape index (κ2) is 7.13. The summed E-state index contributed by atoms with van der Waals surface area (Å²) in [5.41, 5.74) is 0.489. The van der Waals surface area contributed by atoms with E-state index in [-0.39, 0.29) is 11.2 Å². The SMILES string of the molecule is CCOC(=O)C#C/C=C1/C(=O)CC[C@@]1(C)CCc1ccco1. The van der Waals surface area contributed by atoms with Gasteiger partial charge in [-0.05, 0) is 43.4 Å². The Bertz CT molecular complexity index is 628. The first-order valence-electron chi connectivity index (χ1n) is 7.49. The summed E-state index contributed by atoms with van der Waals surface area (Å²) < 4.78 is 10.1. The molecule has 2 rings (SSSR count). The molecular weight excluding hydrogens is 280 g/mol. The Morgan fingerprint density at radius 3 is 3.05 bits per heavy atom. The smallest absolute Gasteiger partial charge is 0.384 e. The number of ketones is 1. The minimum absolute atomic E-state index is 0.111. The molecule has 0 radical (unpaired) electrons. The highest BCUT2D eigenvalue weighted by Gasteiger charge is 2.38. The van der Waals surface area contributed by atoms with Gasteiger partial charge in [-0.2, -0.15) is 0 Å². The second-order valence-electron chi connectivity index (χ2n) is 5.61. The molecule has 1 fully saturated rings. The molecule has 0 saturated heterocycles. The summed E-state index contributed by atoms with van der Waals surface area (Å²) in [5.74, 6) is 5.50. The van der Waals surface area contributed by atoms with Crippen molar-refractivity contribution in [2.75, 3.05) is 6.61 Å². The first-order valence-corrected chi connectivity index (χ1v) is 7.49. The van der Waals surface area contributed by atoms with E-state index < -0.39 is 5.97 Å². The van der Waals surface area contributed by atoms with Crippen LogP contribution in [-0.4, -0.2) is 18.4 Å². The maximum atomic E-state index is 12.1. The van der Waals surface area contributed by atoms with E-state index in [1.807, 2.05) is 12.1 Å². The zero-order valence-electron chi connectivity index (χ0n) is 13.0. The Labute approximate surface area is 130 Å². The molecule has 4 heteroatoms. The highest BCUT2D eigenvalue weighted by atomic mass is 16.5. The van der Waals surface area contributed by atoms with Gasteiger partial charge in [0.1, 0.15) is 5.76 Å². The Morgan fingerprint density at radius 2 is 2.36 bits per heavy atom. The number of hydrogen-bond donors (Lipinski definition) is 0. The molecule has 0 N–H and O–H groups in total. The van der Waals surface area contributed by atoms with Crippen LogP contribution >= 0.6 is 0 Å². The maximum absolute atomic E-state index is 12.1. The molecule has 0 unspecified atom stereocenters. The highest BCUT2D eigenvalue weighted by Crippen LogP contribution is 2.43. The quantitative estimate of drug-likeness (QED) is 0.371. The summed E-state index contributed by atoms with van der Waals surface area (Å²) in [6.45, 7) is 4.09. The van der Waals surface area contributed by atoms with Crippen molar-refractivity contribution >= 4 is 11.8 Å². The fourth-order valence-corrected chi connectivity index (χ4v) is 2.70. The summed E-state index contributed by atoms with van der Waals surface area (Å²) in [7, 11) is 0. The molecule has 22 heavy (non-hydrogen) atoms. The van der Waals surface area contributed by atoms with E-state index in [2.05, 4.69) is 18.8 Å². The molecule has 1 aliphatic rings. The lowest BCUT2D eigenvalue weighted by Gasteiger charge is -2.24. The average molecular weight is 300 g/mol. The normalized spacial score (nSPS) is 22.5. The first kappa shape index (κ1) is 16.1. The number of hydrogen-bond acceptors (Lipinski definition) is 4. The Balaban J connectivity index is 2.09. The lowest BCUT2D eigenvalue weighted by molar-refractivity contribution is -0.136. The van der Waals surface area contributed by atoms with Gasteiger partial charge in [0.15, 0.2) is 5.78 Å². The predicted octanol–water partition coefficient (Wildman–Crippen LogP) is 3.07. The van der Waals surface area contributed by atoms with Crippen molar-refractivity contribution in [3.05, 3.63) is 35.8 Å². The standard InChI is InChI=1S/C18H20O4/c1-3-21-17(20)8-4-7-15-16(19)10-12-18(15,2)11-9-14-6-5-13-22-14/h5-7,13H,3,9-12H2,1-2H3/b15-7-/t18-/m1/s1. The van der Waals surface area contributed by atoms with Gasteiger partial charge in [-0.25, -0.2) is 4.79 Å². The number of furan rings is 1. The van der Waals surface area contributed by atoms with Gasteiger partial charge in [0.25, 0.3) is 0 Å². The number of ether oxygens (including phenoxy) is 1. The number of rotatable bonds is 4. The van der Waals surface area contributed by atoms with Crippen LogP contribution < -0.4 is 0 Å². The lowest BCUT2D eigenvalue weighted by atomic mass is 9.79. The van der Waals surface area contributed by atoms with Crippen molar-refractivity contribution in [1.82, 2.24) is 0 Å². The molecule has 1 aromatic heterocycles. The van der Waals surface area contributed by atoms with Crippen LogP contribution in [0.4, 0.5) is 0 Å². The minimum atomic E-state index is -0.568. The second-order valence-corrected chi connectivity index (χ2v) is 5.61. The number of Topliss-reactive ketones (excluding diaryl/α,β-unsaturated/α-hetero) is 1. The van der Waals surface area contributed by atoms with Crippen molar-refractivity contribution in [3.63, 3.8) is 0 Å². The van der Waals surface area contributed by atoms with Gasteiger partial charge < -0.3 is 9.15 Å². The van der Waals surface area contributed by atoms with Crippen LogP contribution in [0.25, 0.3) is 0 Å². The number of allylic oxidation sites excluding steroid dienone is 2. The van der Waals surface area contributed by atoms with E-state index >= 15 is 0 Å². The van der Waals surface area contributed by atoms with E-state index in [4.69, 9.17) is 9.15 Å². The third-order valence-corrected chi connectivity index (χ3v) is 4.02. The van der Waals surface area contributed by atoms with E-state index in [9.17, 15) is 9.59 Å². The number of aryl methyl sites for hydroxylation is 1. The Kier molecular flexibility index (Phi) is 5.21. The number of carbonyl (C=O) groups is 2. The van der Waals surface area contributed by atoms with Gasteiger partial charge in [0.05, 0.1) is 12.9 Å². The largest absolute Gasteiger partial charge is 0.469 e. The van der Waals surface area contributed by atoms with Gasteiger partial charge in [-0.15, -0.1) is 0 Å². The van der Waals surface area contributed by atoms with Crippen molar-refractivity contribution < 1.29 is 18.7 Å². The molecule has 0 aliphatic heterocycles. The van der Waals surface area contributed by atoms with Crippen molar-refractivity contribution in [2.24, 2.45) is 5.41 Å². The molecule has 0 aromatic carbocycles. The number of carbonyl (C=O) groups excluding carboxylic acids is 2. The molecule has 116 valence electrons. The summed E-state index contributed by atoms with van der Waals surface area (Å²) in [6, 6.07) is 3.79. The highest BCUT2D eigenvalue weighted by molar-refractivity contribution is 5.99. The van der Waals surface area contributed by atoms with Crippen LogP contribution in [0.2, 0.25) is 0 Å². The van der Waals surface area contributed by atoms with Gasteiger partial charge in [-0.1, -0.05) is 12.8 Å².